The molecule has 0 heterocycles. The van der Waals surface area contributed by atoms with Crippen LogP contribution in [0.3, 0.4) is 0 Å². The molecule has 0 amide bonds. The summed E-state index contributed by atoms with van der Waals surface area (Å²) in [6.45, 7) is 0.982. The minimum Gasteiger partial charge on any atom is -0.371 e. The van der Waals surface area contributed by atoms with Crippen LogP contribution in [0, 0.1) is 0 Å². The molecule has 0 aliphatic carbocycles. The second-order valence-corrected chi connectivity index (χ2v) is 7.51. The number of hydrogen-bond donors (Lipinski definition) is 3. The first-order valence-electron chi connectivity index (χ1n) is 8.85. The average molecular weight is 350 g/mol. The summed E-state index contributed by atoms with van der Waals surface area (Å²) in [5.41, 5.74) is 0. The number of rotatable bonds is 16. The molecule has 4 heteroatoms. The molecule has 1 nitrogen and oxygen atoms in total. The van der Waals surface area contributed by atoms with Crippen LogP contribution in [0.2, 0.25) is 0 Å². The maximum atomic E-state index is 4.85. The fourth-order valence-electron chi connectivity index (χ4n) is 2.55. The molecule has 0 aromatic rings. The van der Waals surface area contributed by atoms with Crippen molar-refractivity contribution < 1.29 is 0 Å². The first kappa shape index (κ1) is 21.6. The summed E-state index contributed by atoms with van der Waals surface area (Å²) in [5.74, 6) is 1.05. The quantitative estimate of drug-likeness (QED) is 0.175. The van der Waals surface area contributed by atoms with E-state index in [1.54, 1.807) is 0 Å². The molecule has 0 atom stereocenters. The van der Waals surface area contributed by atoms with Crippen LogP contribution in [0.4, 0.5) is 0 Å². The molecule has 0 saturated carbocycles. The maximum Gasteiger partial charge on any atom is 0.130 e. The Morgan fingerprint density at radius 2 is 0.952 bits per heavy atom. The summed E-state index contributed by atoms with van der Waals surface area (Å²) >= 11 is 13.1. The van der Waals surface area contributed by atoms with Crippen molar-refractivity contribution in [3.63, 3.8) is 0 Å². The van der Waals surface area contributed by atoms with Crippen molar-refractivity contribution in [2.75, 3.05) is 12.3 Å². The topological polar surface area (TPSA) is 12.0 Å². The number of unbranched alkanes of at least 4 members (excludes halogenated alkanes) is 13. The molecule has 0 unspecified atom stereocenters. The molecule has 0 radical (unpaired) electrons. The van der Waals surface area contributed by atoms with E-state index in [-0.39, 0.29) is 0 Å². The van der Waals surface area contributed by atoms with Gasteiger partial charge in [-0.1, -0.05) is 89.3 Å². The lowest BCUT2D eigenvalue weighted by molar-refractivity contribution is 0.535. The highest BCUT2D eigenvalue weighted by atomic mass is 32.1. The van der Waals surface area contributed by atoms with Crippen LogP contribution in [-0.4, -0.2) is 16.6 Å². The lowest BCUT2D eigenvalue weighted by Crippen LogP contribution is -2.17. The molecule has 0 fully saturated rings. The van der Waals surface area contributed by atoms with Crippen molar-refractivity contribution in [2.45, 2.75) is 89.9 Å². The van der Waals surface area contributed by atoms with Gasteiger partial charge < -0.3 is 5.32 Å². The number of nitrogens with one attached hydrogen (secondary N) is 1. The van der Waals surface area contributed by atoms with Gasteiger partial charge in [0.25, 0.3) is 0 Å². The van der Waals surface area contributed by atoms with E-state index in [2.05, 4.69) is 30.6 Å². The van der Waals surface area contributed by atoms with Gasteiger partial charge in [-0.15, -0.1) is 12.6 Å². The zero-order valence-corrected chi connectivity index (χ0v) is 16.2. The Morgan fingerprint density at radius 1 is 0.619 bits per heavy atom. The minimum atomic E-state index is 0.622. The van der Waals surface area contributed by atoms with Gasteiger partial charge >= 0.3 is 0 Å². The molecule has 1 N–H and O–H groups in total. The first-order chi connectivity index (χ1) is 10.3. The van der Waals surface area contributed by atoms with Crippen molar-refractivity contribution in [2.24, 2.45) is 0 Å². The summed E-state index contributed by atoms with van der Waals surface area (Å²) in [7, 11) is 0. The third-order valence-corrected chi connectivity index (χ3v) is 4.48. The summed E-state index contributed by atoms with van der Waals surface area (Å²) < 4.78 is 0.622. The zero-order valence-electron chi connectivity index (χ0n) is 13.6. The van der Waals surface area contributed by atoms with E-state index in [0.717, 1.165) is 12.3 Å². The Balaban J connectivity index is 2.95. The van der Waals surface area contributed by atoms with E-state index in [1.165, 1.54) is 89.9 Å². The summed E-state index contributed by atoms with van der Waals surface area (Å²) in [5, 5.41) is 3.08. The van der Waals surface area contributed by atoms with Crippen LogP contribution in [0.15, 0.2) is 0 Å². The fraction of sp³-hybridized carbons (Fsp3) is 0.941. The highest BCUT2D eigenvalue weighted by Gasteiger charge is 1.94. The molecular formula is C17H35NS3. The third-order valence-electron chi connectivity index (χ3n) is 3.86. The molecule has 0 aliphatic heterocycles. The summed E-state index contributed by atoms with van der Waals surface area (Å²) in [6, 6.07) is 0. The van der Waals surface area contributed by atoms with Gasteiger partial charge in [0, 0.05) is 6.54 Å². The molecule has 0 bridgehead atoms. The normalized spacial score (nSPS) is 10.8. The Kier molecular flexibility index (Phi) is 19.2. The second-order valence-electron chi connectivity index (χ2n) is 5.91. The predicted molar refractivity (Wildman–Crippen MR) is 108 cm³/mol. The van der Waals surface area contributed by atoms with E-state index < -0.39 is 0 Å². The van der Waals surface area contributed by atoms with Crippen molar-refractivity contribution in [3.05, 3.63) is 0 Å². The van der Waals surface area contributed by atoms with Gasteiger partial charge in [0.1, 0.15) is 4.32 Å². The molecule has 126 valence electrons. The average Bonchev–Trinajstić information content (AvgIpc) is 2.46. The van der Waals surface area contributed by atoms with E-state index in [0.29, 0.717) is 4.32 Å². The Morgan fingerprint density at radius 3 is 1.29 bits per heavy atom. The largest absolute Gasteiger partial charge is 0.371 e. The van der Waals surface area contributed by atoms with Crippen LogP contribution >= 0.6 is 37.5 Å². The smallest absolute Gasteiger partial charge is 0.130 e. The van der Waals surface area contributed by atoms with Gasteiger partial charge in [0.2, 0.25) is 0 Å². The first-order valence-corrected chi connectivity index (χ1v) is 10.3. The van der Waals surface area contributed by atoms with E-state index >= 15 is 0 Å². The number of thiol groups is 2. The lowest BCUT2D eigenvalue weighted by Gasteiger charge is -2.04. The highest BCUT2D eigenvalue weighted by molar-refractivity contribution is 8.11. The molecule has 0 aliphatic rings. The minimum absolute atomic E-state index is 0.622. The molecule has 0 saturated heterocycles. The van der Waals surface area contributed by atoms with Gasteiger partial charge in [0.05, 0.1) is 0 Å². The molecule has 0 aromatic heterocycles. The monoisotopic (exact) mass is 349 g/mol. The van der Waals surface area contributed by atoms with E-state index in [1.807, 2.05) is 0 Å². The van der Waals surface area contributed by atoms with Crippen LogP contribution in [0.25, 0.3) is 0 Å². The van der Waals surface area contributed by atoms with Gasteiger partial charge in [-0.3, -0.25) is 0 Å². The van der Waals surface area contributed by atoms with Gasteiger partial charge in [-0.2, -0.15) is 12.6 Å². The molecular weight excluding hydrogens is 314 g/mol. The Bertz CT molecular complexity index is 222. The van der Waals surface area contributed by atoms with E-state index in [4.69, 9.17) is 12.2 Å². The number of hydrogen-bond acceptors (Lipinski definition) is 2. The molecule has 21 heavy (non-hydrogen) atoms. The van der Waals surface area contributed by atoms with E-state index in [9.17, 15) is 0 Å². The van der Waals surface area contributed by atoms with Crippen molar-refractivity contribution in [1.82, 2.24) is 5.32 Å². The number of thiocarbonyl (C=S) groups is 1. The molecule has 0 rings (SSSR count). The van der Waals surface area contributed by atoms with Crippen molar-refractivity contribution in [3.8, 4) is 0 Å². The Labute approximate surface area is 149 Å². The molecule has 0 spiro atoms. The standard InChI is InChI=1S/C17H35NS3/c19-16-14-12-10-8-6-4-2-1-3-5-7-9-11-13-15-18-17(20)21/h19H,1-16H2,(H2,18,20,21). The SMILES string of the molecule is S=C(S)NCCCCCCCCCCCCCCCCS. The van der Waals surface area contributed by atoms with Crippen LogP contribution in [0.5, 0.6) is 0 Å². The van der Waals surface area contributed by atoms with Crippen LogP contribution in [-0.2, 0) is 0 Å². The lowest BCUT2D eigenvalue weighted by atomic mass is 10.0. The fourth-order valence-corrected chi connectivity index (χ4v) is 2.99. The molecule has 0 aromatic carbocycles. The predicted octanol–water partition coefficient (Wildman–Crippen LogP) is 6.18. The highest BCUT2D eigenvalue weighted by Crippen LogP contribution is 2.12. The van der Waals surface area contributed by atoms with Crippen LogP contribution < -0.4 is 5.32 Å². The second kappa shape index (κ2) is 18.6. The zero-order chi connectivity index (χ0) is 15.6. The maximum absolute atomic E-state index is 4.85. The summed E-state index contributed by atoms with van der Waals surface area (Å²) in [6.07, 6.45) is 19.4. The van der Waals surface area contributed by atoms with Gasteiger partial charge in [-0.05, 0) is 18.6 Å². The van der Waals surface area contributed by atoms with Crippen LogP contribution in [0.1, 0.15) is 89.9 Å². The Hall–Kier alpha value is 0.590. The van der Waals surface area contributed by atoms with Crippen molar-refractivity contribution in [1.29, 1.82) is 0 Å². The third kappa shape index (κ3) is 20.6. The van der Waals surface area contributed by atoms with Crippen molar-refractivity contribution >= 4 is 41.8 Å². The van der Waals surface area contributed by atoms with Gasteiger partial charge in [-0.25, -0.2) is 0 Å². The van der Waals surface area contributed by atoms with Gasteiger partial charge in [0.15, 0.2) is 0 Å². The summed E-state index contributed by atoms with van der Waals surface area (Å²) in [4.78, 5) is 0.